The fourth-order valence-corrected chi connectivity index (χ4v) is 2.01. The molecule has 0 aliphatic heterocycles. The van der Waals surface area contributed by atoms with Crippen molar-refractivity contribution >= 4 is 0 Å². The van der Waals surface area contributed by atoms with Crippen molar-refractivity contribution < 1.29 is 4.92 Å². The van der Waals surface area contributed by atoms with Gasteiger partial charge in [-0.05, 0) is 11.1 Å². The van der Waals surface area contributed by atoms with Gasteiger partial charge in [0.2, 0.25) is 5.70 Å². The number of rotatable bonds is 4. The minimum absolute atomic E-state index is 0.0900. The van der Waals surface area contributed by atoms with Crippen molar-refractivity contribution in [3.8, 4) is 0 Å². The predicted molar refractivity (Wildman–Crippen MR) is 75.5 cm³/mol. The number of hydrogen-bond acceptors (Lipinski definition) is 2. The Labute approximate surface area is 112 Å². The number of benzene rings is 2. The Morgan fingerprint density at radius 2 is 1.42 bits per heavy atom. The molecule has 0 aliphatic rings. The van der Waals surface area contributed by atoms with E-state index in [-0.39, 0.29) is 16.5 Å². The summed E-state index contributed by atoms with van der Waals surface area (Å²) in [7, 11) is 0. The van der Waals surface area contributed by atoms with Crippen LogP contribution in [0.15, 0.2) is 72.4 Å². The smallest absolute Gasteiger partial charge is 0.240 e. The van der Waals surface area contributed by atoms with E-state index in [0.29, 0.717) is 0 Å². The molecule has 2 rings (SSSR count). The second-order valence-corrected chi connectivity index (χ2v) is 4.36. The van der Waals surface area contributed by atoms with Gasteiger partial charge in [-0.3, -0.25) is 10.1 Å². The highest BCUT2D eigenvalue weighted by Gasteiger charge is 2.14. The average Bonchev–Trinajstić information content (AvgIpc) is 2.46. The Hall–Kier alpha value is -2.42. The minimum Gasteiger partial charge on any atom is -0.259 e. The van der Waals surface area contributed by atoms with Gasteiger partial charge in [-0.1, -0.05) is 60.7 Å². The molecular formula is C16H15NO2. The lowest BCUT2D eigenvalue weighted by Crippen LogP contribution is -2.02. The summed E-state index contributed by atoms with van der Waals surface area (Å²) in [5.41, 5.74) is 2.27. The Bertz CT molecular complexity index is 537. The van der Waals surface area contributed by atoms with Gasteiger partial charge in [0.25, 0.3) is 0 Å². The Morgan fingerprint density at radius 3 is 1.79 bits per heavy atom. The number of hydrogen-bond donors (Lipinski definition) is 0. The van der Waals surface area contributed by atoms with Gasteiger partial charge in [-0.2, -0.15) is 0 Å². The van der Waals surface area contributed by atoms with E-state index >= 15 is 0 Å². The molecule has 3 heteroatoms. The summed E-state index contributed by atoms with van der Waals surface area (Å²) in [5, 5.41) is 10.8. The Kier molecular flexibility index (Phi) is 4.08. The molecule has 96 valence electrons. The van der Waals surface area contributed by atoms with Crippen LogP contribution in [0.5, 0.6) is 0 Å². The zero-order valence-electron chi connectivity index (χ0n) is 10.7. The molecule has 0 spiro atoms. The molecule has 0 heterocycles. The van der Waals surface area contributed by atoms with Crippen LogP contribution in [0, 0.1) is 10.1 Å². The molecule has 0 N–H and O–H groups in total. The summed E-state index contributed by atoms with van der Waals surface area (Å²) in [6, 6.07) is 19.6. The fourth-order valence-electron chi connectivity index (χ4n) is 2.01. The lowest BCUT2D eigenvalue weighted by Gasteiger charge is -2.13. The van der Waals surface area contributed by atoms with Crippen molar-refractivity contribution in [2.24, 2.45) is 0 Å². The van der Waals surface area contributed by atoms with Crippen LogP contribution in [-0.4, -0.2) is 4.92 Å². The molecule has 0 aliphatic carbocycles. The van der Waals surface area contributed by atoms with Gasteiger partial charge in [0.05, 0.1) is 4.92 Å². The van der Waals surface area contributed by atoms with E-state index in [4.69, 9.17) is 0 Å². The van der Waals surface area contributed by atoms with E-state index in [2.05, 4.69) is 0 Å². The van der Waals surface area contributed by atoms with E-state index < -0.39 is 0 Å². The molecular weight excluding hydrogens is 238 g/mol. The van der Waals surface area contributed by atoms with Crippen LogP contribution in [0.4, 0.5) is 0 Å². The summed E-state index contributed by atoms with van der Waals surface area (Å²) in [4.78, 5) is 10.5. The zero-order chi connectivity index (χ0) is 13.7. The normalized spacial score (nSPS) is 11.6. The second kappa shape index (κ2) is 5.96. The molecule has 19 heavy (non-hydrogen) atoms. The second-order valence-electron chi connectivity index (χ2n) is 4.36. The molecule has 0 saturated carbocycles. The predicted octanol–water partition coefficient (Wildman–Crippen LogP) is 4.00. The Balaban J connectivity index is 2.46. The maximum Gasteiger partial charge on any atom is 0.240 e. The van der Waals surface area contributed by atoms with Gasteiger partial charge in [-0.25, -0.2) is 0 Å². The molecule has 0 fully saturated rings. The van der Waals surface area contributed by atoms with Crippen molar-refractivity contribution in [2.75, 3.05) is 0 Å². The molecule has 0 atom stereocenters. The van der Waals surface area contributed by atoms with Gasteiger partial charge in [0.1, 0.15) is 0 Å². The summed E-state index contributed by atoms with van der Waals surface area (Å²) >= 11 is 0. The first kappa shape index (κ1) is 13.0. The van der Waals surface area contributed by atoms with Crippen LogP contribution < -0.4 is 0 Å². The molecule has 2 aromatic carbocycles. The van der Waals surface area contributed by atoms with Gasteiger partial charge in [0.15, 0.2) is 0 Å². The maximum atomic E-state index is 10.8. The van der Waals surface area contributed by atoms with E-state index in [9.17, 15) is 10.1 Å². The molecule has 0 saturated heterocycles. The Morgan fingerprint density at radius 1 is 1.00 bits per heavy atom. The minimum atomic E-state index is -0.348. The van der Waals surface area contributed by atoms with E-state index in [1.165, 1.54) is 6.92 Å². The van der Waals surface area contributed by atoms with Crippen molar-refractivity contribution in [1.29, 1.82) is 0 Å². The lowest BCUT2D eigenvalue weighted by atomic mass is 9.90. The number of nitrogens with zero attached hydrogens (tertiary/aromatic N) is 1. The first-order valence-corrected chi connectivity index (χ1v) is 6.11. The highest BCUT2D eigenvalue weighted by atomic mass is 16.6. The highest BCUT2D eigenvalue weighted by molar-refractivity contribution is 5.36. The number of nitro groups is 1. The first-order valence-electron chi connectivity index (χ1n) is 6.11. The van der Waals surface area contributed by atoms with Gasteiger partial charge < -0.3 is 0 Å². The van der Waals surface area contributed by atoms with Crippen LogP contribution in [0.3, 0.4) is 0 Å². The summed E-state index contributed by atoms with van der Waals surface area (Å²) in [6.45, 7) is 1.53. The molecule has 3 nitrogen and oxygen atoms in total. The third-order valence-corrected chi connectivity index (χ3v) is 3.01. The van der Waals surface area contributed by atoms with Crippen molar-refractivity contribution in [3.63, 3.8) is 0 Å². The molecule has 0 unspecified atom stereocenters. The largest absolute Gasteiger partial charge is 0.259 e. The fraction of sp³-hybridized carbons (Fsp3) is 0.125. The summed E-state index contributed by atoms with van der Waals surface area (Å²) in [5.74, 6) is -0.0900. The third-order valence-electron chi connectivity index (χ3n) is 3.01. The molecule has 2 aromatic rings. The average molecular weight is 253 g/mol. The van der Waals surface area contributed by atoms with Crippen LogP contribution in [0.2, 0.25) is 0 Å². The quantitative estimate of drug-likeness (QED) is 0.610. The summed E-state index contributed by atoms with van der Waals surface area (Å²) in [6.07, 6.45) is 1.70. The lowest BCUT2D eigenvalue weighted by molar-refractivity contribution is -0.424. The van der Waals surface area contributed by atoms with Gasteiger partial charge >= 0.3 is 0 Å². The van der Waals surface area contributed by atoms with E-state index in [0.717, 1.165) is 11.1 Å². The van der Waals surface area contributed by atoms with Gasteiger partial charge in [-0.15, -0.1) is 0 Å². The molecule has 0 aromatic heterocycles. The van der Waals surface area contributed by atoms with E-state index in [1.54, 1.807) is 6.08 Å². The van der Waals surface area contributed by atoms with Crippen LogP contribution in [0.25, 0.3) is 0 Å². The maximum absolute atomic E-state index is 10.8. The SMILES string of the molecule is C/C(=C/C(c1ccccc1)c1ccccc1)[N+](=O)[O-]. The van der Waals surface area contributed by atoms with Crippen LogP contribution >= 0.6 is 0 Å². The first-order chi connectivity index (χ1) is 9.18. The standard InChI is InChI=1S/C16H15NO2/c1-13(17(18)19)12-16(14-8-4-2-5-9-14)15-10-6-3-7-11-15/h2-12,16H,1H3/b13-12-. The summed E-state index contributed by atoms with van der Waals surface area (Å²) < 4.78 is 0. The number of allylic oxidation sites excluding steroid dienone is 2. The highest BCUT2D eigenvalue weighted by Crippen LogP contribution is 2.27. The van der Waals surface area contributed by atoms with E-state index in [1.807, 2.05) is 60.7 Å². The molecule has 0 amide bonds. The molecule has 0 radical (unpaired) electrons. The van der Waals surface area contributed by atoms with Crippen LogP contribution in [0.1, 0.15) is 24.0 Å². The topological polar surface area (TPSA) is 43.1 Å². The van der Waals surface area contributed by atoms with Gasteiger partial charge in [0, 0.05) is 18.9 Å². The van der Waals surface area contributed by atoms with Crippen molar-refractivity contribution in [2.45, 2.75) is 12.8 Å². The zero-order valence-corrected chi connectivity index (χ0v) is 10.7. The third kappa shape index (κ3) is 3.28. The van der Waals surface area contributed by atoms with Crippen LogP contribution in [-0.2, 0) is 0 Å². The monoisotopic (exact) mass is 253 g/mol. The van der Waals surface area contributed by atoms with Crippen molar-refractivity contribution in [3.05, 3.63) is 93.7 Å². The van der Waals surface area contributed by atoms with Crippen molar-refractivity contribution in [1.82, 2.24) is 0 Å². The molecule has 0 bridgehead atoms.